The van der Waals surface area contributed by atoms with Crippen LogP contribution in [0.3, 0.4) is 0 Å². The molecule has 1 saturated carbocycles. The van der Waals surface area contributed by atoms with Gasteiger partial charge in [0.05, 0.1) is 6.61 Å². The largest absolute Gasteiger partial charge is 0.462 e. The van der Waals surface area contributed by atoms with Gasteiger partial charge in [-0.15, -0.1) is 0 Å². The van der Waals surface area contributed by atoms with Gasteiger partial charge in [-0.1, -0.05) is 32.1 Å². The van der Waals surface area contributed by atoms with E-state index in [0.717, 1.165) is 38.0 Å². The van der Waals surface area contributed by atoms with Crippen molar-refractivity contribution in [2.75, 3.05) is 26.3 Å². The molecule has 2 N–H and O–H groups in total. The fourth-order valence-corrected chi connectivity index (χ4v) is 3.43. The summed E-state index contributed by atoms with van der Waals surface area (Å²) in [5, 5.41) is 12.5. The molecule has 0 aliphatic heterocycles. The van der Waals surface area contributed by atoms with Crippen LogP contribution >= 0.6 is 0 Å². The predicted molar refractivity (Wildman–Crippen MR) is 106 cm³/mol. The van der Waals surface area contributed by atoms with Gasteiger partial charge in [0.25, 0.3) is 0 Å². The summed E-state index contributed by atoms with van der Waals surface area (Å²) in [6.07, 6.45) is 11.0. The molecule has 1 fully saturated rings. The first-order valence-electron chi connectivity index (χ1n) is 10.8. The Hall–Kier alpha value is -1.47. The van der Waals surface area contributed by atoms with E-state index in [0.29, 0.717) is 25.8 Å². The maximum absolute atomic E-state index is 11.8. The molecule has 1 aliphatic rings. The molecule has 7 heteroatoms. The van der Waals surface area contributed by atoms with Crippen LogP contribution in [0.25, 0.3) is 0 Å². The van der Waals surface area contributed by atoms with Crippen molar-refractivity contribution in [2.45, 2.75) is 83.2 Å². The molecule has 1 unspecified atom stereocenters. The lowest BCUT2D eigenvalue weighted by Crippen LogP contribution is -2.29. The van der Waals surface area contributed by atoms with Crippen LogP contribution in [0.1, 0.15) is 77.0 Å². The first-order chi connectivity index (χ1) is 13.7. The van der Waals surface area contributed by atoms with Gasteiger partial charge in [0, 0.05) is 19.3 Å². The minimum atomic E-state index is -0.810. The minimum absolute atomic E-state index is 0.103. The number of aliphatic hydroxyl groups is 1. The van der Waals surface area contributed by atoms with Crippen LogP contribution in [-0.2, 0) is 23.9 Å². The average molecular weight is 400 g/mol. The van der Waals surface area contributed by atoms with E-state index in [1.165, 1.54) is 32.1 Å². The zero-order valence-electron chi connectivity index (χ0n) is 17.0. The average Bonchev–Trinajstić information content (AvgIpc) is 2.71. The summed E-state index contributed by atoms with van der Waals surface area (Å²) in [5.41, 5.74) is 0. The molecular weight excluding hydrogens is 362 g/mol. The van der Waals surface area contributed by atoms with Crippen LogP contribution in [0.15, 0.2) is 0 Å². The first kappa shape index (κ1) is 24.6. The van der Waals surface area contributed by atoms with Crippen LogP contribution < -0.4 is 5.32 Å². The van der Waals surface area contributed by atoms with E-state index in [2.05, 4.69) is 5.32 Å². The number of rotatable bonds is 16. The number of esters is 2. The molecule has 28 heavy (non-hydrogen) atoms. The summed E-state index contributed by atoms with van der Waals surface area (Å²) < 4.78 is 10.3. The van der Waals surface area contributed by atoms with Crippen LogP contribution in [-0.4, -0.2) is 55.7 Å². The highest BCUT2D eigenvalue weighted by Crippen LogP contribution is 2.27. The van der Waals surface area contributed by atoms with Crippen molar-refractivity contribution in [3.63, 3.8) is 0 Å². The van der Waals surface area contributed by atoms with Crippen LogP contribution in [0.4, 0.5) is 0 Å². The second kappa shape index (κ2) is 16.5. The summed E-state index contributed by atoms with van der Waals surface area (Å²) in [5.74, 6) is 0.0270. The SMILES string of the molecule is O=CCCCNCCCC(=O)OC(CO)COC(=O)CCCC1CCCCC1. The Kier molecular flexibility index (Phi) is 14.5. The highest BCUT2D eigenvalue weighted by Gasteiger charge is 2.17. The second-order valence-corrected chi connectivity index (χ2v) is 7.54. The molecule has 0 bridgehead atoms. The number of ether oxygens (including phenoxy) is 2. The maximum Gasteiger partial charge on any atom is 0.306 e. The number of carbonyl (C=O) groups is 3. The summed E-state index contributed by atoms with van der Waals surface area (Å²) in [4.78, 5) is 33.8. The second-order valence-electron chi connectivity index (χ2n) is 7.54. The molecule has 1 aliphatic carbocycles. The van der Waals surface area contributed by atoms with Gasteiger partial charge in [0.2, 0.25) is 0 Å². The normalized spacial score (nSPS) is 15.8. The molecule has 0 aromatic carbocycles. The summed E-state index contributed by atoms with van der Waals surface area (Å²) >= 11 is 0. The number of hydrogen-bond donors (Lipinski definition) is 2. The molecule has 0 spiro atoms. The molecule has 1 atom stereocenters. The van der Waals surface area contributed by atoms with Gasteiger partial charge in [0.1, 0.15) is 12.9 Å². The Morgan fingerprint density at radius 3 is 2.46 bits per heavy atom. The topological polar surface area (TPSA) is 102 Å². The summed E-state index contributed by atoms with van der Waals surface area (Å²) in [6, 6.07) is 0. The van der Waals surface area contributed by atoms with Crippen molar-refractivity contribution in [3.05, 3.63) is 0 Å². The Bertz CT molecular complexity index is 437. The van der Waals surface area contributed by atoms with Gasteiger partial charge < -0.3 is 24.7 Å². The molecule has 162 valence electrons. The number of aldehydes is 1. The third-order valence-corrected chi connectivity index (χ3v) is 5.06. The molecule has 0 heterocycles. The molecule has 0 saturated heterocycles. The van der Waals surface area contributed by atoms with Crippen molar-refractivity contribution in [2.24, 2.45) is 5.92 Å². The van der Waals surface area contributed by atoms with Crippen molar-refractivity contribution in [1.82, 2.24) is 5.32 Å². The molecule has 0 amide bonds. The molecular formula is C21H37NO6. The van der Waals surface area contributed by atoms with E-state index < -0.39 is 12.1 Å². The predicted octanol–water partition coefficient (Wildman–Crippen LogP) is 2.53. The summed E-state index contributed by atoms with van der Waals surface area (Å²) in [7, 11) is 0. The third kappa shape index (κ3) is 12.8. The smallest absolute Gasteiger partial charge is 0.306 e. The Labute approximate surface area is 168 Å². The molecule has 0 radical (unpaired) electrons. The molecule has 0 aromatic heterocycles. The zero-order chi connectivity index (χ0) is 20.5. The number of aliphatic hydroxyl groups excluding tert-OH is 1. The standard InChI is InChI=1S/C21H37NO6/c23-15-5-4-13-22-14-7-12-21(26)28-19(16-24)17-27-20(25)11-6-10-18-8-2-1-3-9-18/h15,18-19,22,24H,1-14,16-17H2. The highest BCUT2D eigenvalue weighted by atomic mass is 16.6. The van der Waals surface area contributed by atoms with E-state index in [-0.39, 0.29) is 25.6 Å². The van der Waals surface area contributed by atoms with Crippen LogP contribution in [0.5, 0.6) is 0 Å². The fraction of sp³-hybridized carbons (Fsp3) is 0.857. The van der Waals surface area contributed by atoms with Gasteiger partial charge in [-0.05, 0) is 44.7 Å². The van der Waals surface area contributed by atoms with E-state index in [4.69, 9.17) is 9.47 Å². The Morgan fingerprint density at radius 2 is 1.75 bits per heavy atom. The van der Waals surface area contributed by atoms with Crippen molar-refractivity contribution >= 4 is 18.2 Å². The van der Waals surface area contributed by atoms with E-state index in [9.17, 15) is 19.5 Å². The zero-order valence-corrected chi connectivity index (χ0v) is 17.0. The van der Waals surface area contributed by atoms with E-state index >= 15 is 0 Å². The van der Waals surface area contributed by atoms with Crippen LogP contribution in [0, 0.1) is 5.92 Å². The lowest BCUT2D eigenvalue weighted by Gasteiger charge is -2.21. The third-order valence-electron chi connectivity index (χ3n) is 5.06. The van der Waals surface area contributed by atoms with Gasteiger partial charge in [0.15, 0.2) is 6.10 Å². The number of carbonyl (C=O) groups excluding carboxylic acids is 3. The van der Waals surface area contributed by atoms with Crippen LogP contribution in [0.2, 0.25) is 0 Å². The van der Waals surface area contributed by atoms with Gasteiger partial charge >= 0.3 is 11.9 Å². The maximum atomic E-state index is 11.8. The van der Waals surface area contributed by atoms with Crippen molar-refractivity contribution < 1.29 is 29.0 Å². The summed E-state index contributed by atoms with van der Waals surface area (Å²) in [6.45, 7) is 0.928. The first-order valence-corrected chi connectivity index (χ1v) is 10.8. The minimum Gasteiger partial charge on any atom is -0.462 e. The van der Waals surface area contributed by atoms with Crippen molar-refractivity contribution in [3.8, 4) is 0 Å². The molecule has 0 aromatic rings. The van der Waals surface area contributed by atoms with E-state index in [1.54, 1.807) is 0 Å². The van der Waals surface area contributed by atoms with E-state index in [1.807, 2.05) is 0 Å². The lowest BCUT2D eigenvalue weighted by molar-refractivity contribution is -0.161. The van der Waals surface area contributed by atoms with Gasteiger partial charge in [-0.2, -0.15) is 0 Å². The Balaban J connectivity index is 2.04. The molecule has 7 nitrogen and oxygen atoms in total. The number of unbranched alkanes of at least 4 members (excludes halogenated alkanes) is 1. The number of nitrogens with one attached hydrogen (secondary N) is 1. The number of hydrogen-bond acceptors (Lipinski definition) is 7. The Morgan fingerprint density at radius 1 is 1.04 bits per heavy atom. The van der Waals surface area contributed by atoms with Gasteiger partial charge in [-0.25, -0.2) is 0 Å². The quantitative estimate of drug-likeness (QED) is 0.234. The lowest BCUT2D eigenvalue weighted by atomic mass is 9.86. The fourth-order valence-electron chi connectivity index (χ4n) is 3.43. The van der Waals surface area contributed by atoms with Crippen molar-refractivity contribution in [1.29, 1.82) is 0 Å². The monoisotopic (exact) mass is 399 g/mol. The highest BCUT2D eigenvalue weighted by molar-refractivity contribution is 5.70. The molecule has 1 rings (SSSR count). The van der Waals surface area contributed by atoms with Gasteiger partial charge in [-0.3, -0.25) is 9.59 Å².